The minimum atomic E-state index is -0.420. The van der Waals surface area contributed by atoms with Crippen LogP contribution in [0.3, 0.4) is 0 Å². The van der Waals surface area contributed by atoms with Gasteiger partial charge < -0.3 is 4.42 Å². The molecule has 0 atom stereocenters. The molecule has 1 aromatic carbocycles. The quantitative estimate of drug-likeness (QED) is 0.708. The summed E-state index contributed by atoms with van der Waals surface area (Å²) < 4.78 is 6.11. The molecule has 0 aliphatic carbocycles. The van der Waals surface area contributed by atoms with Gasteiger partial charge in [0.25, 0.3) is 0 Å². The molecule has 2 rings (SSSR count). The molecule has 4 heteroatoms. The Balaban J connectivity index is 2.23. The van der Waals surface area contributed by atoms with Crippen molar-refractivity contribution in [1.82, 2.24) is 9.78 Å². The van der Waals surface area contributed by atoms with Crippen LogP contribution in [0.5, 0.6) is 0 Å². The molecule has 0 radical (unpaired) electrons. The second-order valence-electron chi connectivity index (χ2n) is 3.05. The molecule has 0 unspecified atom stereocenters. The highest BCUT2D eigenvalue weighted by Crippen LogP contribution is 2.04. The SMILES string of the molecule is Cn1nc(Cc2ccccc2)oc1=O. The Morgan fingerprint density at radius 3 is 2.64 bits per heavy atom. The van der Waals surface area contributed by atoms with Crippen molar-refractivity contribution in [2.45, 2.75) is 6.42 Å². The summed E-state index contributed by atoms with van der Waals surface area (Å²) in [7, 11) is 1.57. The maximum atomic E-state index is 11.0. The van der Waals surface area contributed by atoms with Crippen LogP contribution in [0.15, 0.2) is 39.5 Å². The molecule has 0 saturated carbocycles. The highest BCUT2D eigenvalue weighted by molar-refractivity contribution is 5.17. The highest BCUT2D eigenvalue weighted by atomic mass is 16.4. The lowest BCUT2D eigenvalue weighted by atomic mass is 10.2. The summed E-state index contributed by atoms with van der Waals surface area (Å²) in [6, 6.07) is 9.76. The lowest BCUT2D eigenvalue weighted by molar-refractivity contribution is 0.462. The maximum Gasteiger partial charge on any atom is 0.436 e. The average Bonchev–Trinajstić information content (AvgIpc) is 2.47. The average molecular weight is 190 g/mol. The van der Waals surface area contributed by atoms with Crippen molar-refractivity contribution >= 4 is 0 Å². The standard InChI is InChI=1S/C10H10N2O2/c1-12-10(13)14-9(11-12)7-8-5-3-2-4-6-8/h2-6H,7H2,1H3. The van der Waals surface area contributed by atoms with Crippen LogP contribution in [-0.4, -0.2) is 9.78 Å². The molecule has 0 N–H and O–H groups in total. The van der Waals surface area contributed by atoms with Crippen molar-refractivity contribution in [3.05, 3.63) is 52.3 Å². The van der Waals surface area contributed by atoms with E-state index in [4.69, 9.17) is 4.42 Å². The Kier molecular flexibility index (Phi) is 2.18. The summed E-state index contributed by atoms with van der Waals surface area (Å²) in [5.41, 5.74) is 1.08. The van der Waals surface area contributed by atoms with Crippen molar-refractivity contribution in [2.24, 2.45) is 7.05 Å². The number of aromatic nitrogens is 2. The number of benzene rings is 1. The van der Waals surface area contributed by atoms with Gasteiger partial charge in [0, 0.05) is 7.05 Å². The molecule has 2 aromatic rings. The summed E-state index contributed by atoms with van der Waals surface area (Å²) in [6.45, 7) is 0. The van der Waals surface area contributed by atoms with Gasteiger partial charge >= 0.3 is 5.76 Å². The maximum absolute atomic E-state index is 11.0. The molecule has 0 bridgehead atoms. The normalized spacial score (nSPS) is 10.4. The summed E-state index contributed by atoms with van der Waals surface area (Å²) in [5.74, 6) is 0.0274. The van der Waals surface area contributed by atoms with Gasteiger partial charge in [0.05, 0.1) is 6.42 Å². The predicted molar refractivity (Wildman–Crippen MR) is 51.0 cm³/mol. The van der Waals surface area contributed by atoms with Crippen molar-refractivity contribution in [3.63, 3.8) is 0 Å². The molecule has 0 saturated heterocycles. The second-order valence-corrected chi connectivity index (χ2v) is 3.05. The van der Waals surface area contributed by atoms with Crippen LogP contribution in [0.25, 0.3) is 0 Å². The van der Waals surface area contributed by atoms with Gasteiger partial charge in [-0.1, -0.05) is 30.3 Å². The van der Waals surface area contributed by atoms with E-state index >= 15 is 0 Å². The molecule has 72 valence electrons. The number of hydrogen-bond acceptors (Lipinski definition) is 3. The van der Waals surface area contributed by atoms with Gasteiger partial charge in [-0.3, -0.25) is 0 Å². The van der Waals surface area contributed by atoms with E-state index in [1.54, 1.807) is 7.05 Å². The van der Waals surface area contributed by atoms with Crippen molar-refractivity contribution in [1.29, 1.82) is 0 Å². The highest BCUT2D eigenvalue weighted by Gasteiger charge is 2.04. The lowest BCUT2D eigenvalue weighted by Crippen LogP contribution is -2.09. The first-order valence-electron chi connectivity index (χ1n) is 4.32. The van der Waals surface area contributed by atoms with Gasteiger partial charge in [-0.2, -0.15) is 4.68 Å². The van der Waals surface area contributed by atoms with E-state index in [0.29, 0.717) is 12.3 Å². The van der Waals surface area contributed by atoms with Crippen LogP contribution in [0.1, 0.15) is 11.5 Å². The third-order valence-electron chi connectivity index (χ3n) is 1.93. The van der Waals surface area contributed by atoms with Crippen molar-refractivity contribution in [3.8, 4) is 0 Å². The fourth-order valence-corrected chi connectivity index (χ4v) is 1.24. The zero-order valence-corrected chi connectivity index (χ0v) is 7.80. The van der Waals surface area contributed by atoms with Crippen LogP contribution in [-0.2, 0) is 13.5 Å². The molecule has 1 aromatic heterocycles. The minimum Gasteiger partial charge on any atom is -0.392 e. The molecule has 0 spiro atoms. The van der Waals surface area contributed by atoms with Gasteiger partial charge in [-0.15, -0.1) is 5.10 Å². The summed E-state index contributed by atoms with van der Waals surface area (Å²) in [6.07, 6.45) is 0.552. The van der Waals surface area contributed by atoms with E-state index in [0.717, 1.165) is 5.56 Å². The Morgan fingerprint density at radius 2 is 2.07 bits per heavy atom. The Morgan fingerprint density at radius 1 is 1.36 bits per heavy atom. The van der Waals surface area contributed by atoms with E-state index in [1.165, 1.54) is 4.68 Å². The zero-order chi connectivity index (χ0) is 9.97. The first-order valence-corrected chi connectivity index (χ1v) is 4.32. The zero-order valence-electron chi connectivity index (χ0n) is 7.80. The third-order valence-corrected chi connectivity index (χ3v) is 1.93. The van der Waals surface area contributed by atoms with Crippen LogP contribution in [0, 0.1) is 0 Å². The number of nitrogens with zero attached hydrogens (tertiary/aromatic N) is 2. The van der Waals surface area contributed by atoms with E-state index in [-0.39, 0.29) is 0 Å². The topological polar surface area (TPSA) is 48.0 Å². The van der Waals surface area contributed by atoms with Gasteiger partial charge in [-0.25, -0.2) is 4.79 Å². The monoisotopic (exact) mass is 190 g/mol. The second kappa shape index (κ2) is 3.49. The van der Waals surface area contributed by atoms with E-state index in [9.17, 15) is 4.79 Å². The molecule has 1 heterocycles. The lowest BCUT2D eigenvalue weighted by Gasteiger charge is -1.93. The van der Waals surface area contributed by atoms with Crippen molar-refractivity contribution < 1.29 is 4.42 Å². The van der Waals surface area contributed by atoms with Crippen LogP contribution < -0.4 is 5.76 Å². The fraction of sp³-hybridized carbons (Fsp3) is 0.200. The Bertz CT molecular complexity index is 470. The van der Waals surface area contributed by atoms with Gasteiger partial charge in [0.2, 0.25) is 5.89 Å². The smallest absolute Gasteiger partial charge is 0.392 e. The van der Waals surface area contributed by atoms with Crippen molar-refractivity contribution in [2.75, 3.05) is 0 Å². The minimum absolute atomic E-state index is 0.420. The molecule has 0 fully saturated rings. The predicted octanol–water partition coefficient (Wildman–Crippen LogP) is 0.964. The fourth-order valence-electron chi connectivity index (χ4n) is 1.24. The summed E-state index contributed by atoms with van der Waals surface area (Å²) >= 11 is 0. The summed E-state index contributed by atoms with van der Waals surface area (Å²) in [5, 5.41) is 3.94. The number of rotatable bonds is 2. The number of hydrogen-bond donors (Lipinski definition) is 0. The summed E-state index contributed by atoms with van der Waals surface area (Å²) in [4.78, 5) is 11.0. The van der Waals surface area contributed by atoms with E-state index < -0.39 is 5.76 Å². The third kappa shape index (κ3) is 1.74. The first kappa shape index (κ1) is 8.74. The van der Waals surface area contributed by atoms with Gasteiger partial charge in [0.1, 0.15) is 0 Å². The van der Waals surface area contributed by atoms with E-state index in [1.807, 2.05) is 30.3 Å². The van der Waals surface area contributed by atoms with Crippen LogP contribution in [0.4, 0.5) is 0 Å². The van der Waals surface area contributed by atoms with Crippen LogP contribution >= 0.6 is 0 Å². The van der Waals surface area contributed by atoms with Gasteiger partial charge in [-0.05, 0) is 5.56 Å². The van der Waals surface area contributed by atoms with E-state index in [2.05, 4.69) is 5.10 Å². The Hall–Kier alpha value is -1.84. The number of aryl methyl sites for hydroxylation is 1. The molecule has 0 amide bonds. The molecular weight excluding hydrogens is 180 g/mol. The largest absolute Gasteiger partial charge is 0.436 e. The Labute approximate surface area is 80.8 Å². The first-order chi connectivity index (χ1) is 6.75. The van der Waals surface area contributed by atoms with Gasteiger partial charge in [0.15, 0.2) is 0 Å². The molecule has 0 aliphatic heterocycles. The molecular formula is C10H10N2O2. The molecule has 0 aliphatic rings. The molecule has 4 nitrogen and oxygen atoms in total. The molecule has 14 heavy (non-hydrogen) atoms. The van der Waals surface area contributed by atoms with Crippen LogP contribution in [0.2, 0.25) is 0 Å².